The summed E-state index contributed by atoms with van der Waals surface area (Å²) in [6, 6.07) is 9.70. The van der Waals surface area contributed by atoms with Crippen molar-refractivity contribution in [1.82, 2.24) is 5.32 Å². The Morgan fingerprint density at radius 2 is 1.94 bits per heavy atom. The molecule has 1 amide bonds. The summed E-state index contributed by atoms with van der Waals surface area (Å²) in [6.07, 6.45) is 3.18. The highest BCUT2D eigenvalue weighted by Crippen LogP contribution is 2.41. The Kier molecular flexibility index (Phi) is 4.54. The van der Waals surface area contributed by atoms with Gasteiger partial charge in [0, 0.05) is 0 Å². The second-order valence-corrected chi connectivity index (χ2v) is 4.58. The van der Waals surface area contributed by atoms with Crippen LogP contribution in [0.1, 0.15) is 31.7 Å². The maximum Gasteiger partial charge on any atom is 0.237 e. The lowest BCUT2D eigenvalue weighted by Crippen LogP contribution is -2.54. The molecule has 0 bridgehead atoms. The van der Waals surface area contributed by atoms with Crippen LogP contribution in [-0.4, -0.2) is 11.9 Å². The molecule has 1 unspecified atom stereocenters. The molecule has 1 aliphatic rings. The van der Waals surface area contributed by atoms with E-state index in [0.717, 1.165) is 19.3 Å². The molecule has 1 aliphatic carbocycles. The zero-order valence-electron chi connectivity index (χ0n) is 9.98. The van der Waals surface area contributed by atoms with Gasteiger partial charge in [-0.05, 0) is 31.7 Å². The number of amides is 1. The van der Waals surface area contributed by atoms with E-state index in [1.165, 1.54) is 5.56 Å². The summed E-state index contributed by atoms with van der Waals surface area (Å²) in [6.45, 7) is 1.71. The monoisotopic (exact) mass is 254 g/mol. The standard InChI is InChI=1S/C13H18N2O.ClH/c1-10(14)12(16)15-13(8-5-9-13)11-6-3-2-4-7-11;/h2-4,6-7,10H,5,8-9,14H2,1H3,(H,15,16);1H. The van der Waals surface area contributed by atoms with E-state index in [2.05, 4.69) is 17.4 Å². The molecule has 1 fully saturated rings. The van der Waals surface area contributed by atoms with Crippen LogP contribution in [0.3, 0.4) is 0 Å². The minimum atomic E-state index is -0.443. The number of nitrogens with one attached hydrogen (secondary N) is 1. The Hall–Kier alpha value is -1.06. The molecule has 17 heavy (non-hydrogen) atoms. The fraction of sp³-hybridized carbons (Fsp3) is 0.462. The van der Waals surface area contributed by atoms with Crippen LogP contribution in [0.15, 0.2) is 30.3 Å². The molecule has 0 aromatic heterocycles. The third kappa shape index (κ3) is 2.79. The second kappa shape index (κ2) is 5.52. The van der Waals surface area contributed by atoms with Gasteiger partial charge in [-0.1, -0.05) is 30.3 Å². The summed E-state index contributed by atoms with van der Waals surface area (Å²) in [7, 11) is 0. The van der Waals surface area contributed by atoms with Gasteiger partial charge in [0.2, 0.25) is 5.91 Å². The number of benzene rings is 1. The predicted octanol–water partition coefficient (Wildman–Crippen LogP) is 1.95. The molecule has 0 saturated heterocycles. The van der Waals surface area contributed by atoms with E-state index in [1.54, 1.807) is 6.92 Å². The van der Waals surface area contributed by atoms with Crippen molar-refractivity contribution in [3.63, 3.8) is 0 Å². The van der Waals surface area contributed by atoms with Crippen molar-refractivity contribution in [3.8, 4) is 0 Å². The van der Waals surface area contributed by atoms with Crippen LogP contribution in [0.2, 0.25) is 0 Å². The number of rotatable bonds is 3. The van der Waals surface area contributed by atoms with Crippen molar-refractivity contribution in [3.05, 3.63) is 35.9 Å². The minimum Gasteiger partial charge on any atom is -0.345 e. The average molecular weight is 255 g/mol. The van der Waals surface area contributed by atoms with Gasteiger partial charge in [-0.3, -0.25) is 4.79 Å². The van der Waals surface area contributed by atoms with Gasteiger partial charge < -0.3 is 11.1 Å². The molecule has 1 aromatic carbocycles. The van der Waals surface area contributed by atoms with Crippen molar-refractivity contribution < 1.29 is 4.79 Å². The number of halogens is 1. The SMILES string of the molecule is CC(N)C(=O)NC1(c2ccccc2)CCC1.Cl. The van der Waals surface area contributed by atoms with E-state index in [4.69, 9.17) is 5.73 Å². The highest BCUT2D eigenvalue weighted by atomic mass is 35.5. The topological polar surface area (TPSA) is 55.1 Å². The molecule has 0 aliphatic heterocycles. The van der Waals surface area contributed by atoms with Gasteiger partial charge in [0.1, 0.15) is 0 Å². The second-order valence-electron chi connectivity index (χ2n) is 4.58. The molecule has 3 nitrogen and oxygen atoms in total. The van der Waals surface area contributed by atoms with Crippen LogP contribution in [0.5, 0.6) is 0 Å². The first-order valence-corrected chi connectivity index (χ1v) is 5.77. The van der Waals surface area contributed by atoms with Crippen molar-refractivity contribution in [1.29, 1.82) is 0 Å². The molecule has 3 N–H and O–H groups in total. The Morgan fingerprint density at radius 3 is 2.35 bits per heavy atom. The molecular formula is C13H19ClN2O. The highest BCUT2D eigenvalue weighted by Gasteiger charge is 2.40. The third-order valence-corrected chi connectivity index (χ3v) is 3.31. The average Bonchev–Trinajstić information content (AvgIpc) is 2.24. The summed E-state index contributed by atoms with van der Waals surface area (Å²) in [5.74, 6) is -0.0662. The normalized spacial score (nSPS) is 18.5. The van der Waals surface area contributed by atoms with Crippen LogP contribution in [0.4, 0.5) is 0 Å². The maximum atomic E-state index is 11.7. The first-order valence-electron chi connectivity index (χ1n) is 5.77. The van der Waals surface area contributed by atoms with E-state index < -0.39 is 6.04 Å². The lowest BCUT2D eigenvalue weighted by atomic mass is 9.71. The Balaban J connectivity index is 0.00000144. The summed E-state index contributed by atoms with van der Waals surface area (Å²) in [4.78, 5) is 11.7. The summed E-state index contributed by atoms with van der Waals surface area (Å²) >= 11 is 0. The molecule has 4 heteroatoms. The van der Waals surface area contributed by atoms with Gasteiger partial charge in [0.05, 0.1) is 11.6 Å². The van der Waals surface area contributed by atoms with E-state index in [9.17, 15) is 4.79 Å². The van der Waals surface area contributed by atoms with Gasteiger partial charge in [0.15, 0.2) is 0 Å². The van der Waals surface area contributed by atoms with E-state index >= 15 is 0 Å². The molecule has 1 aromatic rings. The van der Waals surface area contributed by atoms with E-state index in [-0.39, 0.29) is 23.9 Å². The lowest BCUT2D eigenvalue weighted by Gasteiger charge is -2.43. The molecule has 1 atom stereocenters. The third-order valence-electron chi connectivity index (χ3n) is 3.31. The van der Waals surface area contributed by atoms with Crippen LogP contribution in [-0.2, 0) is 10.3 Å². The molecule has 0 radical (unpaired) electrons. The first-order chi connectivity index (χ1) is 7.64. The lowest BCUT2D eigenvalue weighted by molar-refractivity contribution is -0.125. The molecular weight excluding hydrogens is 236 g/mol. The van der Waals surface area contributed by atoms with Crippen molar-refractivity contribution in [2.24, 2.45) is 5.73 Å². The smallest absolute Gasteiger partial charge is 0.237 e. The number of carbonyl (C=O) groups is 1. The fourth-order valence-corrected chi connectivity index (χ4v) is 2.12. The van der Waals surface area contributed by atoms with Crippen LogP contribution >= 0.6 is 12.4 Å². The van der Waals surface area contributed by atoms with E-state index in [0.29, 0.717) is 0 Å². The van der Waals surface area contributed by atoms with Gasteiger partial charge in [-0.15, -0.1) is 12.4 Å². The molecule has 2 rings (SSSR count). The Bertz CT molecular complexity index is 374. The summed E-state index contributed by atoms with van der Waals surface area (Å²) in [5, 5.41) is 3.08. The maximum absolute atomic E-state index is 11.7. The van der Waals surface area contributed by atoms with Crippen LogP contribution in [0, 0.1) is 0 Å². The van der Waals surface area contributed by atoms with Crippen LogP contribution in [0.25, 0.3) is 0 Å². The molecule has 0 heterocycles. The molecule has 0 spiro atoms. The van der Waals surface area contributed by atoms with Crippen molar-refractivity contribution in [2.75, 3.05) is 0 Å². The van der Waals surface area contributed by atoms with Gasteiger partial charge in [0.25, 0.3) is 0 Å². The van der Waals surface area contributed by atoms with Crippen LogP contribution < -0.4 is 11.1 Å². The fourth-order valence-electron chi connectivity index (χ4n) is 2.12. The van der Waals surface area contributed by atoms with Gasteiger partial charge >= 0.3 is 0 Å². The number of nitrogens with two attached hydrogens (primary N) is 1. The number of hydrogen-bond acceptors (Lipinski definition) is 2. The molecule has 1 saturated carbocycles. The van der Waals surface area contributed by atoms with Crippen molar-refractivity contribution >= 4 is 18.3 Å². The Morgan fingerprint density at radius 1 is 1.35 bits per heavy atom. The predicted molar refractivity (Wildman–Crippen MR) is 71.0 cm³/mol. The minimum absolute atomic E-state index is 0. The summed E-state index contributed by atoms with van der Waals surface area (Å²) in [5.41, 5.74) is 6.62. The van der Waals surface area contributed by atoms with Gasteiger partial charge in [-0.2, -0.15) is 0 Å². The summed E-state index contributed by atoms with van der Waals surface area (Å²) < 4.78 is 0. The zero-order chi connectivity index (χ0) is 11.6. The number of carbonyl (C=O) groups excluding carboxylic acids is 1. The molecule has 94 valence electrons. The quantitative estimate of drug-likeness (QED) is 0.866. The van der Waals surface area contributed by atoms with E-state index in [1.807, 2.05) is 18.2 Å². The zero-order valence-corrected chi connectivity index (χ0v) is 10.8. The Labute approximate surface area is 108 Å². The largest absolute Gasteiger partial charge is 0.345 e. The van der Waals surface area contributed by atoms with Gasteiger partial charge in [-0.25, -0.2) is 0 Å². The highest BCUT2D eigenvalue weighted by molar-refractivity contribution is 5.85. The number of hydrogen-bond donors (Lipinski definition) is 2. The van der Waals surface area contributed by atoms with Crippen molar-refractivity contribution in [2.45, 2.75) is 37.8 Å². The first kappa shape index (κ1) is 14.0.